The van der Waals surface area contributed by atoms with Crippen LogP contribution in [0.1, 0.15) is 24.4 Å². The predicted octanol–water partition coefficient (Wildman–Crippen LogP) is 3.00. The standard InChI is InChI=1S/C14H18N2.ClH/c15-10-4-9-14(16)13-8-3-6-11-5-1-2-7-12(11)13;/h1-3,5-8,14H,4,9-10,15-16H2;1H/t14-;/m0./s1. The molecule has 0 heterocycles. The largest absolute Gasteiger partial charge is 0.330 e. The number of rotatable bonds is 4. The topological polar surface area (TPSA) is 52.0 Å². The molecular formula is C14H19ClN2. The third kappa shape index (κ3) is 3.19. The van der Waals surface area contributed by atoms with Gasteiger partial charge in [-0.15, -0.1) is 12.4 Å². The number of halogens is 1. The molecule has 17 heavy (non-hydrogen) atoms. The van der Waals surface area contributed by atoms with Crippen LogP contribution in [0.25, 0.3) is 10.8 Å². The zero-order valence-electron chi connectivity index (χ0n) is 9.80. The van der Waals surface area contributed by atoms with Gasteiger partial charge in [0.25, 0.3) is 0 Å². The molecule has 0 aliphatic carbocycles. The van der Waals surface area contributed by atoms with Crippen molar-refractivity contribution in [3.8, 4) is 0 Å². The number of fused-ring (bicyclic) bond motifs is 1. The van der Waals surface area contributed by atoms with Crippen molar-refractivity contribution in [2.75, 3.05) is 6.54 Å². The first kappa shape index (κ1) is 14.0. The summed E-state index contributed by atoms with van der Waals surface area (Å²) in [6.07, 6.45) is 1.93. The Labute approximate surface area is 108 Å². The summed E-state index contributed by atoms with van der Waals surface area (Å²) in [6, 6.07) is 14.8. The fourth-order valence-corrected chi connectivity index (χ4v) is 2.07. The van der Waals surface area contributed by atoms with E-state index in [2.05, 4.69) is 42.5 Å². The van der Waals surface area contributed by atoms with E-state index in [1.54, 1.807) is 0 Å². The lowest BCUT2D eigenvalue weighted by Gasteiger charge is -2.14. The van der Waals surface area contributed by atoms with Crippen molar-refractivity contribution in [2.45, 2.75) is 18.9 Å². The molecule has 2 aromatic carbocycles. The minimum Gasteiger partial charge on any atom is -0.330 e. The summed E-state index contributed by atoms with van der Waals surface area (Å²) in [6.45, 7) is 0.707. The fourth-order valence-electron chi connectivity index (χ4n) is 2.07. The Bertz CT molecular complexity index is 465. The van der Waals surface area contributed by atoms with Crippen LogP contribution < -0.4 is 11.5 Å². The van der Waals surface area contributed by atoms with Gasteiger partial charge in [0.1, 0.15) is 0 Å². The van der Waals surface area contributed by atoms with E-state index < -0.39 is 0 Å². The number of benzene rings is 2. The quantitative estimate of drug-likeness (QED) is 0.877. The first-order valence-electron chi connectivity index (χ1n) is 5.76. The highest BCUT2D eigenvalue weighted by molar-refractivity contribution is 5.86. The minimum absolute atomic E-state index is 0. The number of hydrogen-bond acceptors (Lipinski definition) is 2. The lowest BCUT2D eigenvalue weighted by Crippen LogP contribution is -2.12. The summed E-state index contributed by atoms with van der Waals surface area (Å²) < 4.78 is 0. The van der Waals surface area contributed by atoms with E-state index in [1.807, 2.05) is 0 Å². The highest BCUT2D eigenvalue weighted by atomic mass is 35.5. The average molecular weight is 251 g/mol. The zero-order valence-corrected chi connectivity index (χ0v) is 10.6. The van der Waals surface area contributed by atoms with E-state index >= 15 is 0 Å². The Morgan fingerprint density at radius 2 is 1.71 bits per heavy atom. The molecule has 0 radical (unpaired) electrons. The molecule has 2 nitrogen and oxygen atoms in total. The molecule has 0 unspecified atom stereocenters. The van der Waals surface area contributed by atoms with Crippen molar-refractivity contribution in [3.63, 3.8) is 0 Å². The van der Waals surface area contributed by atoms with Gasteiger partial charge in [0.15, 0.2) is 0 Å². The third-order valence-electron chi connectivity index (χ3n) is 2.94. The van der Waals surface area contributed by atoms with Crippen LogP contribution in [0, 0.1) is 0 Å². The van der Waals surface area contributed by atoms with Crippen LogP contribution in [0.15, 0.2) is 42.5 Å². The van der Waals surface area contributed by atoms with E-state index in [0.29, 0.717) is 6.54 Å². The van der Waals surface area contributed by atoms with Gasteiger partial charge in [-0.2, -0.15) is 0 Å². The van der Waals surface area contributed by atoms with Gasteiger partial charge in [-0.1, -0.05) is 42.5 Å². The van der Waals surface area contributed by atoms with E-state index in [9.17, 15) is 0 Å². The molecule has 92 valence electrons. The van der Waals surface area contributed by atoms with Crippen LogP contribution >= 0.6 is 12.4 Å². The van der Waals surface area contributed by atoms with Gasteiger partial charge >= 0.3 is 0 Å². The van der Waals surface area contributed by atoms with Gasteiger partial charge in [-0.05, 0) is 35.7 Å². The molecule has 0 aromatic heterocycles. The second kappa shape index (κ2) is 6.60. The van der Waals surface area contributed by atoms with E-state index in [0.717, 1.165) is 12.8 Å². The SMILES string of the molecule is Cl.NCCC[C@H](N)c1cccc2ccccc12. The maximum Gasteiger partial charge on any atom is 0.0301 e. The van der Waals surface area contributed by atoms with Crippen molar-refractivity contribution in [2.24, 2.45) is 11.5 Å². The maximum atomic E-state index is 6.19. The van der Waals surface area contributed by atoms with Crippen molar-refractivity contribution in [1.82, 2.24) is 0 Å². The summed E-state index contributed by atoms with van der Waals surface area (Å²) >= 11 is 0. The molecule has 0 spiro atoms. The molecule has 1 atom stereocenters. The molecule has 0 fully saturated rings. The van der Waals surface area contributed by atoms with Crippen molar-refractivity contribution in [1.29, 1.82) is 0 Å². The summed E-state index contributed by atoms with van der Waals surface area (Å²) in [7, 11) is 0. The molecule has 0 aliphatic heterocycles. The van der Waals surface area contributed by atoms with Gasteiger partial charge in [-0.25, -0.2) is 0 Å². The Kier molecular flexibility index (Phi) is 5.42. The Morgan fingerprint density at radius 1 is 1.00 bits per heavy atom. The van der Waals surface area contributed by atoms with Crippen molar-refractivity contribution < 1.29 is 0 Å². The monoisotopic (exact) mass is 250 g/mol. The van der Waals surface area contributed by atoms with Crippen LogP contribution in [-0.4, -0.2) is 6.54 Å². The summed E-state index contributed by atoms with van der Waals surface area (Å²) in [4.78, 5) is 0. The normalized spacial score (nSPS) is 12.1. The van der Waals surface area contributed by atoms with Crippen molar-refractivity contribution >= 4 is 23.2 Å². The maximum absolute atomic E-state index is 6.19. The molecule has 3 heteroatoms. The van der Waals surface area contributed by atoms with Crippen LogP contribution in [-0.2, 0) is 0 Å². The molecule has 0 saturated heterocycles. The van der Waals surface area contributed by atoms with Gasteiger partial charge < -0.3 is 11.5 Å². The molecule has 0 saturated carbocycles. The number of nitrogens with two attached hydrogens (primary N) is 2. The smallest absolute Gasteiger partial charge is 0.0301 e. The van der Waals surface area contributed by atoms with Crippen LogP contribution in [0.5, 0.6) is 0 Å². The summed E-state index contributed by atoms with van der Waals surface area (Å²) in [5.41, 5.74) is 12.9. The van der Waals surface area contributed by atoms with Crippen LogP contribution in [0.4, 0.5) is 0 Å². The Hall–Kier alpha value is -1.09. The highest BCUT2D eigenvalue weighted by Gasteiger charge is 2.08. The Balaban J connectivity index is 0.00000144. The van der Waals surface area contributed by atoms with Gasteiger partial charge in [0.05, 0.1) is 0 Å². The van der Waals surface area contributed by atoms with Gasteiger partial charge in [0.2, 0.25) is 0 Å². The van der Waals surface area contributed by atoms with E-state index in [1.165, 1.54) is 16.3 Å². The predicted molar refractivity (Wildman–Crippen MR) is 76.4 cm³/mol. The highest BCUT2D eigenvalue weighted by Crippen LogP contribution is 2.25. The zero-order chi connectivity index (χ0) is 11.4. The molecule has 0 bridgehead atoms. The summed E-state index contributed by atoms with van der Waals surface area (Å²) in [5, 5.41) is 2.51. The molecular weight excluding hydrogens is 232 g/mol. The Morgan fingerprint density at radius 3 is 2.47 bits per heavy atom. The van der Waals surface area contributed by atoms with Gasteiger partial charge in [0, 0.05) is 6.04 Å². The molecule has 2 rings (SSSR count). The molecule has 0 aliphatic rings. The lowest BCUT2D eigenvalue weighted by atomic mass is 9.96. The second-order valence-corrected chi connectivity index (χ2v) is 4.11. The fraction of sp³-hybridized carbons (Fsp3) is 0.286. The van der Waals surface area contributed by atoms with E-state index in [4.69, 9.17) is 11.5 Å². The number of hydrogen-bond donors (Lipinski definition) is 2. The lowest BCUT2D eigenvalue weighted by molar-refractivity contribution is 0.621. The first-order valence-corrected chi connectivity index (χ1v) is 5.76. The van der Waals surface area contributed by atoms with Crippen LogP contribution in [0.2, 0.25) is 0 Å². The second-order valence-electron chi connectivity index (χ2n) is 4.11. The molecule has 0 amide bonds. The minimum atomic E-state index is 0. The third-order valence-corrected chi connectivity index (χ3v) is 2.94. The summed E-state index contributed by atoms with van der Waals surface area (Å²) in [5.74, 6) is 0. The van der Waals surface area contributed by atoms with Crippen molar-refractivity contribution in [3.05, 3.63) is 48.0 Å². The first-order chi connectivity index (χ1) is 7.83. The van der Waals surface area contributed by atoms with E-state index in [-0.39, 0.29) is 18.4 Å². The van der Waals surface area contributed by atoms with Crippen LogP contribution in [0.3, 0.4) is 0 Å². The average Bonchev–Trinajstić information content (AvgIpc) is 2.35. The van der Waals surface area contributed by atoms with Gasteiger partial charge in [-0.3, -0.25) is 0 Å². The molecule has 4 N–H and O–H groups in total. The molecule has 2 aromatic rings.